The minimum atomic E-state index is 0.317. The second-order valence-corrected chi connectivity index (χ2v) is 5.68. The van der Waals surface area contributed by atoms with Crippen LogP contribution in [-0.2, 0) is 0 Å². The maximum absolute atomic E-state index is 10.7. The molecule has 1 N–H and O–H groups in total. The fourth-order valence-electron chi connectivity index (χ4n) is 3.05. The molecular formula is C15H17N5O. The molecule has 0 radical (unpaired) electrons. The Balaban J connectivity index is 2.04. The summed E-state index contributed by atoms with van der Waals surface area (Å²) in [4.78, 5) is 10.7. The van der Waals surface area contributed by atoms with Crippen LogP contribution in [-0.4, -0.2) is 15.7 Å². The van der Waals surface area contributed by atoms with Crippen molar-refractivity contribution in [2.24, 2.45) is 11.1 Å². The number of anilines is 1. The Labute approximate surface area is 122 Å². The van der Waals surface area contributed by atoms with Gasteiger partial charge in [0.25, 0.3) is 0 Å². The number of hydrogen-bond acceptors (Lipinski definition) is 5. The number of aromatic nitrogens is 2. The molecule has 3 rings (SSSR count). The highest BCUT2D eigenvalue weighted by Gasteiger charge is 2.23. The van der Waals surface area contributed by atoms with E-state index in [0.717, 1.165) is 17.6 Å². The highest BCUT2D eigenvalue weighted by Crippen LogP contribution is 2.31. The van der Waals surface area contributed by atoms with Crippen LogP contribution in [0.25, 0.3) is 5.52 Å². The molecule has 6 nitrogen and oxygen atoms in total. The molecule has 1 aliphatic carbocycles. The first kappa shape index (κ1) is 13.6. The van der Waals surface area contributed by atoms with Gasteiger partial charge in [-0.2, -0.15) is 10.4 Å². The zero-order valence-electron chi connectivity index (χ0n) is 11.9. The highest BCUT2D eigenvalue weighted by molar-refractivity contribution is 5.80. The Morgan fingerprint density at radius 3 is 3.00 bits per heavy atom. The number of nitriles is 1. The quantitative estimate of drug-likeness (QED) is 0.872. The van der Waals surface area contributed by atoms with Crippen molar-refractivity contribution >= 4 is 16.9 Å². The van der Waals surface area contributed by atoms with Crippen LogP contribution in [0.1, 0.15) is 38.2 Å². The zero-order chi connectivity index (χ0) is 14.8. The van der Waals surface area contributed by atoms with Crippen molar-refractivity contribution in [1.29, 1.82) is 5.26 Å². The summed E-state index contributed by atoms with van der Waals surface area (Å²) in [6, 6.07) is 4.18. The second kappa shape index (κ2) is 5.52. The molecule has 2 unspecified atom stereocenters. The smallest absolute Gasteiger partial charge is 0.128 e. The van der Waals surface area contributed by atoms with Gasteiger partial charge in [0.15, 0.2) is 0 Å². The van der Waals surface area contributed by atoms with E-state index < -0.39 is 0 Å². The van der Waals surface area contributed by atoms with Crippen molar-refractivity contribution in [3.63, 3.8) is 0 Å². The third kappa shape index (κ3) is 2.47. The first-order valence-electron chi connectivity index (χ1n) is 7.24. The standard InChI is InChI=1S/C15H17N5O/c1-10-4-2-3-5-13(10)18-15-11(7-16)8-17-20-9-12(19-21)6-14(15)20/h6,8-10,13,18H,2-5H2,1H3. The van der Waals surface area contributed by atoms with Gasteiger partial charge in [0, 0.05) is 6.04 Å². The lowest BCUT2D eigenvalue weighted by Gasteiger charge is -2.30. The number of nitrogens with one attached hydrogen (secondary N) is 1. The van der Waals surface area contributed by atoms with Crippen molar-refractivity contribution in [3.05, 3.63) is 28.9 Å². The van der Waals surface area contributed by atoms with Crippen LogP contribution in [0.3, 0.4) is 0 Å². The van der Waals surface area contributed by atoms with E-state index in [4.69, 9.17) is 0 Å². The van der Waals surface area contributed by atoms with Crippen LogP contribution >= 0.6 is 0 Å². The predicted octanol–water partition coefficient (Wildman–Crippen LogP) is 3.59. The van der Waals surface area contributed by atoms with Gasteiger partial charge in [0.1, 0.15) is 11.8 Å². The van der Waals surface area contributed by atoms with Crippen molar-refractivity contribution in [3.8, 4) is 6.07 Å². The molecule has 0 aromatic carbocycles. The molecule has 2 heterocycles. The first-order chi connectivity index (χ1) is 10.2. The Bertz CT molecular complexity index is 715. The number of nitroso groups, excluding NO2 is 1. The molecule has 2 aromatic heterocycles. The lowest BCUT2D eigenvalue weighted by molar-refractivity contribution is 0.349. The van der Waals surface area contributed by atoms with Gasteiger partial charge in [-0.25, -0.2) is 4.52 Å². The van der Waals surface area contributed by atoms with E-state index >= 15 is 0 Å². The van der Waals surface area contributed by atoms with Crippen molar-refractivity contribution in [1.82, 2.24) is 9.61 Å². The van der Waals surface area contributed by atoms with E-state index in [2.05, 4.69) is 28.6 Å². The summed E-state index contributed by atoms with van der Waals surface area (Å²) in [7, 11) is 0. The Morgan fingerprint density at radius 1 is 1.48 bits per heavy atom. The average Bonchev–Trinajstić information content (AvgIpc) is 2.93. The van der Waals surface area contributed by atoms with Crippen molar-refractivity contribution in [2.75, 3.05) is 5.32 Å². The number of nitrogens with zero attached hydrogens (tertiary/aromatic N) is 4. The minimum absolute atomic E-state index is 0.317. The lowest BCUT2D eigenvalue weighted by Crippen LogP contribution is -2.30. The van der Waals surface area contributed by atoms with E-state index in [-0.39, 0.29) is 0 Å². The van der Waals surface area contributed by atoms with E-state index in [9.17, 15) is 10.2 Å². The number of hydrogen-bond donors (Lipinski definition) is 1. The first-order valence-corrected chi connectivity index (χ1v) is 7.24. The van der Waals surface area contributed by atoms with Crippen molar-refractivity contribution in [2.45, 2.75) is 38.6 Å². The summed E-state index contributed by atoms with van der Waals surface area (Å²) in [6.07, 6.45) is 7.85. The molecule has 21 heavy (non-hydrogen) atoms. The number of rotatable bonds is 3. The van der Waals surface area contributed by atoms with E-state index in [1.807, 2.05) is 0 Å². The maximum Gasteiger partial charge on any atom is 0.128 e. The third-order valence-corrected chi connectivity index (χ3v) is 4.29. The Kier molecular flexibility index (Phi) is 3.57. The van der Waals surface area contributed by atoms with Crippen LogP contribution in [0, 0.1) is 22.2 Å². The van der Waals surface area contributed by atoms with Crippen molar-refractivity contribution < 1.29 is 0 Å². The Morgan fingerprint density at radius 2 is 2.29 bits per heavy atom. The molecule has 1 aliphatic rings. The van der Waals surface area contributed by atoms with Gasteiger partial charge in [-0.15, -0.1) is 4.91 Å². The van der Waals surface area contributed by atoms with Crippen LogP contribution < -0.4 is 5.32 Å². The van der Waals surface area contributed by atoms with E-state index in [1.165, 1.54) is 25.5 Å². The molecule has 1 fully saturated rings. The van der Waals surface area contributed by atoms with Crippen LogP contribution in [0.4, 0.5) is 11.4 Å². The summed E-state index contributed by atoms with van der Waals surface area (Å²) in [5.41, 5.74) is 2.29. The summed E-state index contributed by atoms with van der Waals surface area (Å²) < 4.78 is 1.59. The van der Waals surface area contributed by atoms with Crippen LogP contribution in [0.5, 0.6) is 0 Å². The topological polar surface area (TPSA) is 82.6 Å². The molecule has 0 spiro atoms. The van der Waals surface area contributed by atoms with Gasteiger partial charge >= 0.3 is 0 Å². The molecule has 1 saturated carbocycles. The minimum Gasteiger partial charge on any atom is -0.379 e. The summed E-state index contributed by atoms with van der Waals surface area (Å²) in [6.45, 7) is 2.23. The van der Waals surface area contributed by atoms with Crippen LogP contribution in [0.15, 0.2) is 23.6 Å². The normalized spacial score (nSPS) is 21.9. The number of fused-ring (bicyclic) bond motifs is 1. The molecule has 0 amide bonds. The van der Waals surface area contributed by atoms with Gasteiger partial charge in [0.2, 0.25) is 0 Å². The van der Waals surface area contributed by atoms with Gasteiger partial charge in [-0.1, -0.05) is 19.8 Å². The fourth-order valence-corrected chi connectivity index (χ4v) is 3.05. The lowest BCUT2D eigenvalue weighted by atomic mass is 9.85. The molecule has 0 saturated heterocycles. The molecule has 0 bridgehead atoms. The van der Waals surface area contributed by atoms with E-state index in [0.29, 0.717) is 23.2 Å². The second-order valence-electron chi connectivity index (χ2n) is 5.68. The maximum atomic E-state index is 10.7. The monoisotopic (exact) mass is 283 g/mol. The zero-order valence-corrected chi connectivity index (χ0v) is 11.9. The third-order valence-electron chi connectivity index (χ3n) is 4.29. The van der Waals surface area contributed by atoms with Gasteiger partial charge < -0.3 is 5.32 Å². The molecular weight excluding hydrogens is 266 g/mol. The SMILES string of the molecule is CC1CCCCC1Nc1c(C#N)cnn2cc(N=O)cc12. The molecule has 2 aromatic rings. The highest BCUT2D eigenvalue weighted by atomic mass is 16.3. The average molecular weight is 283 g/mol. The molecule has 0 aliphatic heterocycles. The van der Waals surface area contributed by atoms with Crippen LogP contribution in [0.2, 0.25) is 0 Å². The van der Waals surface area contributed by atoms with Gasteiger partial charge in [-0.3, -0.25) is 0 Å². The summed E-state index contributed by atoms with van der Waals surface area (Å²) in [5.74, 6) is 0.567. The van der Waals surface area contributed by atoms with Gasteiger partial charge in [-0.05, 0) is 30.0 Å². The fraction of sp³-hybridized carbons (Fsp3) is 0.467. The molecule has 6 heteroatoms. The molecule has 2 atom stereocenters. The largest absolute Gasteiger partial charge is 0.379 e. The predicted molar refractivity (Wildman–Crippen MR) is 80.4 cm³/mol. The van der Waals surface area contributed by atoms with E-state index in [1.54, 1.807) is 16.8 Å². The summed E-state index contributed by atoms with van der Waals surface area (Å²) in [5, 5.41) is 19.9. The Hall–Kier alpha value is -2.42. The molecule has 108 valence electrons. The van der Waals surface area contributed by atoms with Gasteiger partial charge in [0.05, 0.1) is 29.2 Å². The summed E-state index contributed by atoms with van der Waals surface area (Å²) >= 11 is 0.